The second-order valence-electron chi connectivity index (χ2n) is 2.12. The van der Waals surface area contributed by atoms with Crippen LogP contribution >= 0.6 is 0 Å². The number of hydrogen-bond donors (Lipinski definition) is 1. The molecule has 0 unspecified atom stereocenters. The zero-order valence-electron chi connectivity index (χ0n) is 5.13. The van der Waals surface area contributed by atoms with Crippen molar-refractivity contribution in [2.45, 2.75) is 12.5 Å². The van der Waals surface area contributed by atoms with Crippen molar-refractivity contribution in [3.05, 3.63) is 0 Å². The third-order valence-electron chi connectivity index (χ3n) is 1.45. The molecule has 1 aliphatic heterocycles. The molecule has 48 valence electrons. The van der Waals surface area contributed by atoms with Gasteiger partial charge in [-0.3, -0.25) is 0 Å². The van der Waals surface area contributed by atoms with Crippen LogP contribution in [0.2, 0.25) is 0 Å². The molecule has 1 rings (SSSR count). The Morgan fingerprint density at radius 3 is 2.75 bits per heavy atom. The van der Waals surface area contributed by atoms with Crippen molar-refractivity contribution in [2.24, 2.45) is 5.73 Å². The largest absolute Gasteiger partial charge is 0.326 e. The molecule has 0 aromatic rings. The first-order valence-electron chi connectivity index (χ1n) is 2.87. The molecule has 1 saturated heterocycles. The van der Waals surface area contributed by atoms with Crippen molar-refractivity contribution in [1.82, 2.24) is 5.06 Å². The molecule has 1 fully saturated rings. The van der Waals surface area contributed by atoms with Gasteiger partial charge < -0.3 is 10.6 Å². The Hall–Kier alpha value is -0.120. The van der Waals surface area contributed by atoms with E-state index in [1.165, 1.54) is 0 Å². The molecule has 0 saturated carbocycles. The highest BCUT2D eigenvalue weighted by Crippen LogP contribution is 2.04. The lowest BCUT2D eigenvalue weighted by Crippen LogP contribution is -2.25. The number of nitrogens with two attached hydrogens (primary N) is 1. The predicted octanol–water partition coefficient (Wildman–Crippen LogP) is -0.419. The van der Waals surface area contributed by atoms with Crippen LogP contribution in [0.5, 0.6) is 0 Å². The molecule has 1 aliphatic rings. The molecule has 0 aromatic heterocycles. The molecule has 8 heavy (non-hydrogen) atoms. The maximum atomic E-state index is 5.58. The molecule has 0 aliphatic carbocycles. The third kappa shape index (κ3) is 1.18. The second kappa shape index (κ2) is 2.44. The fourth-order valence-corrected chi connectivity index (χ4v) is 0.920. The predicted molar refractivity (Wildman–Crippen MR) is 31.2 cm³/mol. The topological polar surface area (TPSA) is 38.5 Å². The van der Waals surface area contributed by atoms with Gasteiger partial charge in [0.1, 0.15) is 0 Å². The summed E-state index contributed by atoms with van der Waals surface area (Å²) in [5.41, 5.74) is 5.58. The van der Waals surface area contributed by atoms with Gasteiger partial charge in [0.25, 0.3) is 0 Å². The lowest BCUT2D eigenvalue weighted by atomic mass is 10.3. The number of nitrogens with zero attached hydrogens (tertiary/aromatic N) is 1. The monoisotopic (exact) mass is 116 g/mol. The Morgan fingerprint density at radius 2 is 2.50 bits per heavy atom. The minimum atomic E-state index is 0.329. The minimum absolute atomic E-state index is 0.329. The van der Waals surface area contributed by atoms with Crippen LogP contribution in [0.25, 0.3) is 0 Å². The van der Waals surface area contributed by atoms with E-state index in [2.05, 4.69) is 0 Å². The lowest BCUT2D eigenvalue weighted by molar-refractivity contribution is -0.112. The molecule has 0 amide bonds. The average molecular weight is 116 g/mol. The fraction of sp³-hybridized carbons (Fsp3) is 1.00. The van der Waals surface area contributed by atoms with Crippen LogP contribution < -0.4 is 5.73 Å². The minimum Gasteiger partial charge on any atom is -0.326 e. The number of hydroxylamine groups is 2. The maximum absolute atomic E-state index is 5.58. The average Bonchev–Trinajstić information content (AvgIpc) is 2.14. The summed E-state index contributed by atoms with van der Waals surface area (Å²) in [5.74, 6) is 0. The van der Waals surface area contributed by atoms with Crippen molar-refractivity contribution in [2.75, 3.05) is 20.2 Å². The Bertz CT molecular complexity index is 76.8. The van der Waals surface area contributed by atoms with Gasteiger partial charge >= 0.3 is 0 Å². The van der Waals surface area contributed by atoms with Crippen LogP contribution in [-0.4, -0.2) is 31.3 Å². The van der Waals surface area contributed by atoms with Crippen molar-refractivity contribution in [3.63, 3.8) is 0 Å². The highest BCUT2D eigenvalue weighted by atomic mass is 16.7. The molecule has 0 spiro atoms. The van der Waals surface area contributed by atoms with Crippen LogP contribution in [0.15, 0.2) is 0 Å². The molecule has 0 radical (unpaired) electrons. The zero-order valence-corrected chi connectivity index (χ0v) is 5.13. The Labute approximate surface area is 49.4 Å². The molecule has 2 N–H and O–H groups in total. The fourth-order valence-electron chi connectivity index (χ4n) is 0.920. The van der Waals surface area contributed by atoms with E-state index in [0.29, 0.717) is 6.04 Å². The van der Waals surface area contributed by atoms with E-state index in [1.807, 2.05) is 5.06 Å². The summed E-state index contributed by atoms with van der Waals surface area (Å²) >= 11 is 0. The van der Waals surface area contributed by atoms with E-state index < -0.39 is 0 Å². The summed E-state index contributed by atoms with van der Waals surface area (Å²) in [5, 5.41) is 1.88. The maximum Gasteiger partial charge on any atom is 0.0575 e. The normalized spacial score (nSPS) is 31.5. The summed E-state index contributed by atoms with van der Waals surface area (Å²) in [6.45, 7) is 1.87. The van der Waals surface area contributed by atoms with E-state index in [4.69, 9.17) is 10.6 Å². The third-order valence-corrected chi connectivity index (χ3v) is 1.45. The quantitative estimate of drug-likeness (QED) is 0.505. The van der Waals surface area contributed by atoms with Crippen LogP contribution in [0.3, 0.4) is 0 Å². The van der Waals surface area contributed by atoms with E-state index in [1.54, 1.807) is 7.11 Å². The molecule has 1 heterocycles. The molecule has 1 atom stereocenters. The SMILES string of the molecule is CON1CC[C@H](N)C1. The summed E-state index contributed by atoms with van der Waals surface area (Å²) in [7, 11) is 1.68. The summed E-state index contributed by atoms with van der Waals surface area (Å²) in [6, 6.07) is 0.329. The van der Waals surface area contributed by atoms with Crippen molar-refractivity contribution in [1.29, 1.82) is 0 Å². The van der Waals surface area contributed by atoms with Crippen LogP contribution in [0.4, 0.5) is 0 Å². The van der Waals surface area contributed by atoms with Gasteiger partial charge in [-0.2, -0.15) is 5.06 Å². The Morgan fingerprint density at radius 1 is 1.75 bits per heavy atom. The van der Waals surface area contributed by atoms with Crippen LogP contribution in [-0.2, 0) is 4.84 Å². The molecule has 3 heteroatoms. The van der Waals surface area contributed by atoms with Crippen LogP contribution in [0, 0.1) is 0 Å². The molecular weight excluding hydrogens is 104 g/mol. The van der Waals surface area contributed by atoms with Gasteiger partial charge in [0.2, 0.25) is 0 Å². The first-order chi connectivity index (χ1) is 3.83. The van der Waals surface area contributed by atoms with Gasteiger partial charge in [0, 0.05) is 19.1 Å². The van der Waals surface area contributed by atoms with Crippen molar-refractivity contribution in [3.8, 4) is 0 Å². The summed E-state index contributed by atoms with van der Waals surface area (Å²) in [6.07, 6.45) is 1.06. The van der Waals surface area contributed by atoms with E-state index in [0.717, 1.165) is 19.5 Å². The van der Waals surface area contributed by atoms with Gasteiger partial charge in [-0.1, -0.05) is 0 Å². The van der Waals surface area contributed by atoms with E-state index >= 15 is 0 Å². The van der Waals surface area contributed by atoms with E-state index in [-0.39, 0.29) is 0 Å². The molecule has 0 bridgehead atoms. The van der Waals surface area contributed by atoms with Crippen molar-refractivity contribution >= 4 is 0 Å². The van der Waals surface area contributed by atoms with Gasteiger partial charge in [0.15, 0.2) is 0 Å². The Kier molecular flexibility index (Phi) is 1.83. The number of hydrogen-bond acceptors (Lipinski definition) is 3. The first kappa shape index (κ1) is 6.01. The molecular formula is C5H12N2O. The van der Waals surface area contributed by atoms with Gasteiger partial charge in [-0.25, -0.2) is 0 Å². The van der Waals surface area contributed by atoms with E-state index in [9.17, 15) is 0 Å². The summed E-state index contributed by atoms with van der Waals surface area (Å²) in [4.78, 5) is 4.93. The zero-order chi connectivity index (χ0) is 5.98. The standard InChI is InChI=1S/C5H12N2O/c1-8-7-3-2-5(6)4-7/h5H,2-4,6H2,1H3/t5-/m0/s1. The highest BCUT2D eigenvalue weighted by Gasteiger charge is 2.17. The van der Waals surface area contributed by atoms with Gasteiger partial charge in [-0.15, -0.1) is 0 Å². The smallest absolute Gasteiger partial charge is 0.0575 e. The number of rotatable bonds is 1. The van der Waals surface area contributed by atoms with Gasteiger partial charge in [-0.05, 0) is 6.42 Å². The van der Waals surface area contributed by atoms with Crippen LogP contribution in [0.1, 0.15) is 6.42 Å². The highest BCUT2D eigenvalue weighted by molar-refractivity contribution is 4.72. The summed E-state index contributed by atoms with van der Waals surface area (Å²) < 4.78 is 0. The molecule has 3 nitrogen and oxygen atoms in total. The Balaban J connectivity index is 2.22. The first-order valence-corrected chi connectivity index (χ1v) is 2.87. The van der Waals surface area contributed by atoms with Crippen molar-refractivity contribution < 1.29 is 4.84 Å². The molecule has 0 aromatic carbocycles. The lowest BCUT2D eigenvalue weighted by Gasteiger charge is -2.09. The second-order valence-corrected chi connectivity index (χ2v) is 2.12. The van der Waals surface area contributed by atoms with Gasteiger partial charge in [0.05, 0.1) is 7.11 Å².